The predicted octanol–water partition coefficient (Wildman–Crippen LogP) is 2.79. The lowest BCUT2D eigenvalue weighted by Crippen LogP contribution is -2.34. The van der Waals surface area contributed by atoms with Gasteiger partial charge in [0, 0.05) is 36.7 Å². The van der Waals surface area contributed by atoms with Crippen LogP contribution in [-0.4, -0.2) is 42.4 Å². The van der Waals surface area contributed by atoms with Gasteiger partial charge in [0.05, 0.1) is 12.2 Å². The summed E-state index contributed by atoms with van der Waals surface area (Å²) < 4.78 is 5.15. The molecule has 0 bridgehead atoms. The number of fused-ring (bicyclic) bond motifs is 1. The van der Waals surface area contributed by atoms with Crippen LogP contribution >= 0.6 is 0 Å². The monoisotopic (exact) mass is 288 g/mol. The van der Waals surface area contributed by atoms with Gasteiger partial charge in [0.15, 0.2) is 0 Å². The van der Waals surface area contributed by atoms with Crippen LogP contribution in [-0.2, 0) is 4.74 Å². The smallest absolute Gasteiger partial charge is 0.337 e. The average Bonchev–Trinajstić information content (AvgIpc) is 2.47. The van der Waals surface area contributed by atoms with Gasteiger partial charge in [-0.05, 0) is 13.8 Å². The van der Waals surface area contributed by atoms with E-state index in [1.807, 2.05) is 24.3 Å². The van der Waals surface area contributed by atoms with Crippen LogP contribution in [0.15, 0.2) is 30.5 Å². The highest BCUT2D eigenvalue weighted by molar-refractivity contribution is 6.06. The van der Waals surface area contributed by atoms with Crippen molar-refractivity contribution in [2.75, 3.05) is 25.2 Å². The highest BCUT2D eigenvalue weighted by Crippen LogP contribution is 2.28. The molecule has 1 aromatic carbocycles. The number of nitrogens with zero attached hydrogens (tertiary/aromatic N) is 2. The molecule has 21 heavy (non-hydrogen) atoms. The Labute approximate surface area is 124 Å². The first-order valence-corrected chi connectivity index (χ1v) is 6.93. The van der Waals surface area contributed by atoms with Crippen LogP contribution < -0.4 is 4.90 Å². The molecule has 0 fully saturated rings. The third-order valence-corrected chi connectivity index (χ3v) is 3.44. The molecule has 0 atom stereocenters. The van der Waals surface area contributed by atoms with Crippen LogP contribution in [0, 0.1) is 0 Å². The molecular weight excluding hydrogens is 268 g/mol. The fourth-order valence-electron chi connectivity index (χ4n) is 2.38. The molecule has 2 rings (SSSR count). The van der Waals surface area contributed by atoms with Gasteiger partial charge in [-0.15, -0.1) is 0 Å². The van der Waals surface area contributed by atoms with Crippen LogP contribution in [0.4, 0.5) is 5.82 Å². The summed E-state index contributed by atoms with van der Waals surface area (Å²) in [6.45, 7) is 5.46. The van der Waals surface area contributed by atoms with Gasteiger partial charge in [-0.1, -0.05) is 24.3 Å². The Hall–Kier alpha value is -2.14. The van der Waals surface area contributed by atoms with Crippen molar-refractivity contribution in [3.05, 3.63) is 36.0 Å². The average molecular weight is 288 g/mol. The molecule has 0 saturated heterocycles. The zero-order valence-corrected chi connectivity index (χ0v) is 12.5. The van der Waals surface area contributed by atoms with E-state index in [0.29, 0.717) is 18.5 Å². The number of carboxylic acids is 1. The van der Waals surface area contributed by atoms with Gasteiger partial charge in [-0.2, -0.15) is 0 Å². The summed E-state index contributed by atoms with van der Waals surface area (Å²) in [7, 11) is 1.66. The Kier molecular flexibility index (Phi) is 4.75. The lowest BCUT2D eigenvalue weighted by atomic mass is 10.1. The van der Waals surface area contributed by atoms with Crippen molar-refractivity contribution in [2.24, 2.45) is 0 Å². The van der Waals surface area contributed by atoms with Crippen molar-refractivity contribution in [2.45, 2.75) is 19.9 Å². The Morgan fingerprint density at radius 2 is 2.00 bits per heavy atom. The number of hydrogen-bond acceptors (Lipinski definition) is 4. The maximum atomic E-state index is 11.3. The number of anilines is 1. The molecule has 0 saturated carbocycles. The Balaban J connectivity index is 2.58. The number of ether oxygens (including phenoxy) is 1. The first-order chi connectivity index (χ1) is 10.1. The zero-order valence-electron chi connectivity index (χ0n) is 12.5. The van der Waals surface area contributed by atoms with Crippen molar-refractivity contribution >= 4 is 22.6 Å². The fraction of sp³-hybridized carbons (Fsp3) is 0.375. The molecule has 0 spiro atoms. The van der Waals surface area contributed by atoms with Crippen molar-refractivity contribution in [3.8, 4) is 0 Å². The van der Waals surface area contributed by atoms with Crippen LogP contribution in [0.5, 0.6) is 0 Å². The minimum atomic E-state index is -0.960. The first kappa shape index (κ1) is 15.3. The third kappa shape index (κ3) is 3.13. The highest BCUT2D eigenvalue weighted by Gasteiger charge is 2.18. The molecule has 0 aliphatic heterocycles. The molecule has 2 aromatic rings. The zero-order chi connectivity index (χ0) is 15.4. The van der Waals surface area contributed by atoms with E-state index in [4.69, 9.17) is 4.74 Å². The van der Waals surface area contributed by atoms with Gasteiger partial charge < -0.3 is 14.7 Å². The second-order valence-electron chi connectivity index (χ2n) is 5.13. The summed E-state index contributed by atoms with van der Waals surface area (Å²) in [6.07, 6.45) is 1.43. The summed E-state index contributed by atoms with van der Waals surface area (Å²) >= 11 is 0. The molecule has 1 heterocycles. The standard InChI is InChI=1S/C16H20N2O3/c1-11(2)18(8-9-21-3)15-13-7-5-4-6-12(13)14(10-17-15)16(19)20/h4-7,10-11H,8-9H2,1-3H3,(H,19,20). The van der Waals surface area contributed by atoms with Crippen molar-refractivity contribution < 1.29 is 14.6 Å². The van der Waals surface area contributed by atoms with E-state index >= 15 is 0 Å². The third-order valence-electron chi connectivity index (χ3n) is 3.44. The van der Waals surface area contributed by atoms with E-state index in [0.717, 1.165) is 11.2 Å². The summed E-state index contributed by atoms with van der Waals surface area (Å²) in [5.74, 6) is -0.166. The molecule has 1 aromatic heterocycles. The molecule has 5 heteroatoms. The number of benzene rings is 1. The van der Waals surface area contributed by atoms with E-state index in [-0.39, 0.29) is 11.6 Å². The van der Waals surface area contributed by atoms with E-state index in [1.54, 1.807) is 7.11 Å². The van der Waals surface area contributed by atoms with Gasteiger partial charge in [0.2, 0.25) is 0 Å². The van der Waals surface area contributed by atoms with Crippen LogP contribution in [0.1, 0.15) is 24.2 Å². The van der Waals surface area contributed by atoms with E-state index in [2.05, 4.69) is 23.7 Å². The summed E-state index contributed by atoms with van der Waals surface area (Å²) in [4.78, 5) is 17.8. The summed E-state index contributed by atoms with van der Waals surface area (Å²) in [6, 6.07) is 7.71. The lowest BCUT2D eigenvalue weighted by Gasteiger charge is -2.28. The number of methoxy groups -OCH3 is 1. The number of carboxylic acid groups (broad SMARTS) is 1. The molecule has 0 unspecified atom stereocenters. The van der Waals surface area contributed by atoms with Crippen LogP contribution in [0.2, 0.25) is 0 Å². The minimum absolute atomic E-state index is 0.227. The van der Waals surface area contributed by atoms with Crippen LogP contribution in [0.25, 0.3) is 10.8 Å². The quantitative estimate of drug-likeness (QED) is 0.885. The van der Waals surface area contributed by atoms with Gasteiger partial charge in [0.1, 0.15) is 5.82 Å². The van der Waals surface area contributed by atoms with E-state index < -0.39 is 5.97 Å². The molecule has 0 aliphatic rings. The normalized spacial score (nSPS) is 11.0. The largest absolute Gasteiger partial charge is 0.478 e. The SMILES string of the molecule is COCCN(c1ncc(C(=O)O)c2ccccc12)C(C)C. The summed E-state index contributed by atoms with van der Waals surface area (Å²) in [5.41, 5.74) is 0.227. The molecule has 0 amide bonds. The molecule has 112 valence electrons. The lowest BCUT2D eigenvalue weighted by molar-refractivity contribution is 0.0698. The molecular formula is C16H20N2O3. The first-order valence-electron chi connectivity index (χ1n) is 6.93. The van der Waals surface area contributed by atoms with E-state index in [9.17, 15) is 9.90 Å². The topological polar surface area (TPSA) is 62.7 Å². The van der Waals surface area contributed by atoms with Crippen LogP contribution in [0.3, 0.4) is 0 Å². The molecule has 0 radical (unpaired) electrons. The van der Waals surface area contributed by atoms with Crippen molar-refractivity contribution in [3.63, 3.8) is 0 Å². The molecule has 1 N–H and O–H groups in total. The Morgan fingerprint density at radius 3 is 2.57 bits per heavy atom. The second-order valence-corrected chi connectivity index (χ2v) is 5.13. The fourth-order valence-corrected chi connectivity index (χ4v) is 2.38. The number of aromatic carboxylic acids is 1. The Morgan fingerprint density at radius 1 is 1.33 bits per heavy atom. The van der Waals surface area contributed by atoms with Gasteiger partial charge in [-0.25, -0.2) is 9.78 Å². The highest BCUT2D eigenvalue weighted by atomic mass is 16.5. The van der Waals surface area contributed by atoms with Gasteiger partial charge >= 0.3 is 5.97 Å². The summed E-state index contributed by atoms with van der Waals surface area (Å²) in [5, 5.41) is 10.8. The van der Waals surface area contributed by atoms with Crippen molar-refractivity contribution in [1.82, 2.24) is 4.98 Å². The number of carbonyl (C=O) groups is 1. The Bertz CT molecular complexity index is 640. The molecule has 0 aliphatic carbocycles. The number of pyridine rings is 1. The van der Waals surface area contributed by atoms with Crippen molar-refractivity contribution in [1.29, 1.82) is 0 Å². The number of hydrogen-bond donors (Lipinski definition) is 1. The van der Waals surface area contributed by atoms with Gasteiger partial charge in [0.25, 0.3) is 0 Å². The van der Waals surface area contributed by atoms with E-state index in [1.165, 1.54) is 6.20 Å². The predicted molar refractivity (Wildman–Crippen MR) is 83.1 cm³/mol. The maximum Gasteiger partial charge on any atom is 0.337 e. The second kappa shape index (κ2) is 6.54. The number of aromatic nitrogens is 1. The molecule has 5 nitrogen and oxygen atoms in total. The minimum Gasteiger partial charge on any atom is -0.478 e. The number of rotatable bonds is 6. The van der Waals surface area contributed by atoms with Gasteiger partial charge in [-0.3, -0.25) is 0 Å². The maximum absolute atomic E-state index is 11.3.